The molecule has 2 aliphatic rings. The summed E-state index contributed by atoms with van der Waals surface area (Å²) in [7, 11) is 0. The molecule has 1 aromatic carbocycles. The van der Waals surface area contributed by atoms with Crippen LogP contribution in [-0.4, -0.2) is 48.8 Å². The van der Waals surface area contributed by atoms with Crippen molar-refractivity contribution in [3.05, 3.63) is 33.4 Å². The zero-order valence-electron chi connectivity index (χ0n) is 14.7. The number of rotatable bonds is 6. The van der Waals surface area contributed by atoms with Crippen LogP contribution >= 0.6 is 22.6 Å². The molecule has 3 rings (SSSR count). The molecule has 1 unspecified atom stereocenters. The number of nitrogens with one attached hydrogen (secondary N) is 2. The fraction of sp³-hybridized carbons (Fsp3) is 0.526. The van der Waals surface area contributed by atoms with Crippen molar-refractivity contribution in [2.45, 2.75) is 25.7 Å². The van der Waals surface area contributed by atoms with Crippen LogP contribution in [0, 0.1) is 15.4 Å². The number of benzene rings is 1. The number of halogens is 1. The van der Waals surface area contributed by atoms with E-state index < -0.39 is 0 Å². The van der Waals surface area contributed by atoms with Gasteiger partial charge in [-0.05, 0) is 66.3 Å². The number of piperidine rings is 1. The SMILES string of the molecule is O=C(NCC(=O)N1CCCC(C(=O)NCC2CC2)C1)c1ccccc1I. The highest BCUT2D eigenvalue weighted by molar-refractivity contribution is 14.1. The molecule has 0 spiro atoms. The molecule has 7 heteroatoms. The van der Waals surface area contributed by atoms with Crippen LogP contribution in [0.2, 0.25) is 0 Å². The van der Waals surface area contributed by atoms with Gasteiger partial charge in [0.05, 0.1) is 18.0 Å². The second kappa shape index (κ2) is 8.83. The molecule has 0 aromatic heterocycles. The Hall–Kier alpha value is -1.64. The van der Waals surface area contributed by atoms with Gasteiger partial charge >= 0.3 is 0 Å². The Balaban J connectivity index is 1.47. The first kappa shape index (κ1) is 19.1. The van der Waals surface area contributed by atoms with E-state index in [9.17, 15) is 14.4 Å². The summed E-state index contributed by atoms with van der Waals surface area (Å²) >= 11 is 2.10. The summed E-state index contributed by atoms with van der Waals surface area (Å²) in [6.45, 7) is 1.80. The zero-order chi connectivity index (χ0) is 18.5. The maximum atomic E-state index is 12.4. The third-order valence-electron chi connectivity index (χ3n) is 4.93. The molecule has 140 valence electrons. The van der Waals surface area contributed by atoms with E-state index in [4.69, 9.17) is 0 Å². The molecule has 2 fully saturated rings. The highest BCUT2D eigenvalue weighted by atomic mass is 127. The normalized spacial score (nSPS) is 19.7. The quantitative estimate of drug-likeness (QED) is 0.624. The lowest BCUT2D eigenvalue weighted by Crippen LogP contribution is -2.48. The molecule has 1 atom stereocenters. The Morgan fingerprint density at radius 2 is 1.88 bits per heavy atom. The highest BCUT2D eigenvalue weighted by Crippen LogP contribution is 2.28. The minimum absolute atomic E-state index is 0.0414. The molecule has 3 amide bonds. The molecule has 1 saturated heterocycles. The van der Waals surface area contributed by atoms with Crippen LogP contribution in [0.5, 0.6) is 0 Å². The Morgan fingerprint density at radius 3 is 2.62 bits per heavy atom. The van der Waals surface area contributed by atoms with E-state index >= 15 is 0 Å². The second-order valence-corrected chi connectivity index (χ2v) is 8.19. The van der Waals surface area contributed by atoms with Gasteiger partial charge in [-0.1, -0.05) is 12.1 Å². The maximum absolute atomic E-state index is 12.4. The van der Waals surface area contributed by atoms with Gasteiger partial charge in [0.15, 0.2) is 0 Å². The number of hydrogen-bond donors (Lipinski definition) is 2. The Morgan fingerprint density at radius 1 is 1.12 bits per heavy atom. The molecular weight excluding hydrogens is 445 g/mol. The lowest BCUT2D eigenvalue weighted by atomic mass is 9.97. The summed E-state index contributed by atoms with van der Waals surface area (Å²) < 4.78 is 0.848. The maximum Gasteiger partial charge on any atom is 0.252 e. The first-order valence-electron chi connectivity index (χ1n) is 9.13. The second-order valence-electron chi connectivity index (χ2n) is 7.03. The van der Waals surface area contributed by atoms with Crippen molar-refractivity contribution in [1.29, 1.82) is 0 Å². The predicted molar refractivity (Wildman–Crippen MR) is 107 cm³/mol. The van der Waals surface area contributed by atoms with Crippen molar-refractivity contribution in [2.75, 3.05) is 26.2 Å². The van der Waals surface area contributed by atoms with Crippen molar-refractivity contribution in [3.8, 4) is 0 Å². The van der Waals surface area contributed by atoms with Crippen LogP contribution in [0.1, 0.15) is 36.0 Å². The molecule has 1 aliphatic carbocycles. The summed E-state index contributed by atoms with van der Waals surface area (Å²) in [6.07, 6.45) is 4.04. The minimum atomic E-state index is -0.251. The highest BCUT2D eigenvalue weighted by Gasteiger charge is 2.30. The molecular formula is C19H24IN3O3. The van der Waals surface area contributed by atoms with E-state index in [1.807, 2.05) is 12.1 Å². The number of amides is 3. The molecule has 1 saturated carbocycles. The molecule has 1 heterocycles. The van der Waals surface area contributed by atoms with E-state index in [-0.39, 0.29) is 30.2 Å². The summed E-state index contributed by atoms with van der Waals surface area (Å²) in [5, 5.41) is 5.70. The molecule has 1 aromatic rings. The molecule has 2 N–H and O–H groups in total. The van der Waals surface area contributed by atoms with E-state index in [0.29, 0.717) is 24.6 Å². The van der Waals surface area contributed by atoms with Crippen molar-refractivity contribution in [1.82, 2.24) is 15.5 Å². The van der Waals surface area contributed by atoms with Crippen LogP contribution in [-0.2, 0) is 9.59 Å². The van der Waals surface area contributed by atoms with Gasteiger partial charge in [-0.25, -0.2) is 0 Å². The summed E-state index contributed by atoms with van der Waals surface area (Å²) in [5.41, 5.74) is 0.567. The number of carbonyl (C=O) groups excluding carboxylic acids is 3. The van der Waals surface area contributed by atoms with Gasteiger partial charge in [0, 0.05) is 23.2 Å². The van der Waals surface area contributed by atoms with Gasteiger partial charge in [0.2, 0.25) is 11.8 Å². The molecule has 0 radical (unpaired) electrons. The van der Waals surface area contributed by atoms with Crippen LogP contribution in [0.15, 0.2) is 24.3 Å². The molecule has 26 heavy (non-hydrogen) atoms. The average Bonchev–Trinajstić information content (AvgIpc) is 3.49. The largest absolute Gasteiger partial charge is 0.356 e. The van der Waals surface area contributed by atoms with Crippen molar-refractivity contribution >= 4 is 40.3 Å². The Kier molecular flexibility index (Phi) is 6.50. The van der Waals surface area contributed by atoms with Gasteiger partial charge in [-0.15, -0.1) is 0 Å². The topological polar surface area (TPSA) is 78.5 Å². The van der Waals surface area contributed by atoms with E-state index in [2.05, 4.69) is 33.2 Å². The minimum Gasteiger partial charge on any atom is -0.356 e. The lowest BCUT2D eigenvalue weighted by molar-refractivity contribution is -0.134. The van der Waals surface area contributed by atoms with Gasteiger partial charge in [0.1, 0.15) is 0 Å². The van der Waals surface area contributed by atoms with Crippen molar-refractivity contribution in [3.63, 3.8) is 0 Å². The van der Waals surface area contributed by atoms with Gasteiger partial charge < -0.3 is 15.5 Å². The Labute approximate surface area is 167 Å². The van der Waals surface area contributed by atoms with Crippen molar-refractivity contribution < 1.29 is 14.4 Å². The van der Waals surface area contributed by atoms with Gasteiger partial charge in [-0.3, -0.25) is 14.4 Å². The van der Waals surface area contributed by atoms with Gasteiger partial charge in [0.25, 0.3) is 5.91 Å². The smallest absolute Gasteiger partial charge is 0.252 e. The van der Waals surface area contributed by atoms with Crippen molar-refractivity contribution in [2.24, 2.45) is 11.8 Å². The summed E-state index contributed by atoms with van der Waals surface area (Å²) in [6, 6.07) is 7.26. The molecule has 0 bridgehead atoms. The van der Waals surface area contributed by atoms with Gasteiger partial charge in [-0.2, -0.15) is 0 Å². The standard InChI is InChI=1S/C19H24IN3O3/c20-16-6-2-1-5-15(16)19(26)22-11-17(24)23-9-3-4-14(12-23)18(25)21-10-13-7-8-13/h1-2,5-6,13-14H,3-4,7-12H2,(H,21,25)(H,22,26). The fourth-order valence-corrected chi connectivity index (χ4v) is 3.77. The number of carbonyl (C=O) groups is 3. The average molecular weight is 469 g/mol. The molecule has 6 nitrogen and oxygen atoms in total. The summed E-state index contributed by atoms with van der Waals surface area (Å²) in [5.74, 6) is 0.175. The number of nitrogens with zero attached hydrogens (tertiary/aromatic N) is 1. The predicted octanol–water partition coefficient (Wildman–Crippen LogP) is 1.79. The number of hydrogen-bond acceptors (Lipinski definition) is 3. The lowest BCUT2D eigenvalue weighted by Gasteiger charge is -2.32. The molecule has 1 aliphatic heterocycles. The Bertz CT molecular complexity index is 690. The third-order valence-corrected chi connectivity index (χ3v) is 5.87. The first-order valence-corrected chi connectivity index (χ1v) is 10.2. The van der Waals surface area contributed by atoms with E-state index in [0.717, 1.165) is 23.0 Å². The van der Waals surface area contributed by atoms with Crippen LogP contribution < -0.4 is 10.6 Å². The fourth-order valence-electron chi connectivity index (χ4n) is 3.14. The number of likely N-dealkylation sites (tertiary alicyclic amines) is 1. The van der Waals surface area contributed by atoms with E-state index in [1.165, 1.54) is 12.8 Å². The first-order chi connectivity index (χ1) is 12.5. The van der Waals surface area contributed by atoms with Crippen LogP contribution in [0.25, 0.3) is 0 Å². The van der Waals surface area contributed by atoms with E-state index in [1.54, 1.807) is 17.0 Å². The van der Waals surface area contributed by atoms with Crippen LogP contribution in [0.3, 0.4) is 0 Å². The van der Waals surface area contributed by atoms with Crippen LogP contribution in [0.4, 0.5) is 0 Å². The summed E-state index contributed by atoms with van der Waals surface area (Å²) in [4.78, 5) is 38.6. The third kappa shape index (κ3) is 5.18. The zero-order valence-corrected chi connectivity index (χ0v) is 16.8. The monoisotopic (exact) mass is 469 g/mol.